The maximum atomic E-state index is 5.25. The van der Waals surface area contributed by atoms with Gasteiger partial charge in [-0.25, -0.2) is 0 Å². The normalized spacial score (nSPS) is 12.9. The summed E-state index contributed by atoms with van der Waals surface area (Å²) in [6.45, 7) is 2.82. The third-order valence-electron chi connectivity index (χ3n) is 1.58. The fraction of sp³-hybridized carbons (Fsp3) is 1.00. The van der Waals surface area contributed by atoms with Crippen molar-refractivity contribution in [3.63, 3.8) is 0 Å². The Hall–Kier alpha value is 0.0169. The Kier molecular flexibility index (Phi) is 7.43. The van der Waals surface area contributed by atoms with E-state index in [4.69, 9.17) is 23.1 Å². The predicted molar refractivity (Wildman–Crippen MR) is 49.9 cm³/mol. The van der Waals surface area contributed by atoms with Gasteiger partial charge in [0.15, 0.2) is 0 Å². The molecule has 0 aliphatic heterocycles. The van der Waals surface area contributed by atoms with Gasteiger partial charge in [-0.3, -0.25) is 0 Å². The predicted octanol–water partition coefficient (Wildman–Crippen LogP) is -0.369. The molecule has 0 spiro atoms. The summed E-state index contributed by atoms with van der Waals surface area (Å²) < 4.78 is 25.4. The Morgan fingerprint density at radius 2 is 1.54 bits per heavy atom. The standard InChI is InChI=1S/C7H18O5Si/c1-5-11-13-12-6-7(8-2,9-3)10-4/h5-6,13H2,1-4H3. The molecule has 0 fully saturated rings. The molecule has 0 amide bonds. The zero-order valence-corrected chi connectivity index (χ0v) is 10.1. The Morgan fingerprint density at radius 1 is 1.00 bits per heavy atom. The van der Waals surface area contributed by atoms with E-state index < -0.39 is 16.0 Å². The minimum atomic E-state index is -1.09. The number of ether oxygens (including phenoxy) is 3. The monoisotopic (exact) mass is 210 g/mol. The van der Waals surface area contributed by atoms with Crippen LogP contribution in [0.3, 0.4) is 0 Å². The molecule has 6 heteroatoms. The molecule has 0 N–H and O–H groups in total. The number of hydrogen-bond donors (Lipinski definition) is 0. The largest absolute Gasteiger partial charge is 0.399 e. The lowest BCUT2D eigenvalue weighted by atomic mass is 10.6. The van der Waals surface area contributed by atoms with Gasteiger partial charge in [-0.05, 0) is 6.92 Å². The van der Waals surface area contributed by atoms with Gasteiger partial charge in [0, 0.05) is 27.9 Å². The van der Waals surface area contributed by atoms with Gasteiger partial charge in [0.1, 0.15) is 6.61 Å². The lowest BCUT2D eigenvalue weighted by molar-refractivity contribution is -0.361. The van der Waals surface area contributed by atoms with Crippen LogP contribution >= 0.6 is 0 Å². The third kappa shape index (κ3) is 4.70. The molecule has 5 nitrogen and oxygen atoms in total. The van der Waals surface area contributed by atoms with E-state index in [9.17, 15) is 0 Å². The number of rotatable bonds is 8. The van der Waals surface area contributed by atoms with Crippen molar-refractivity contribution in [3.05, 3.63) is 0 Å². The van der Waals surface area contributed by atoms with E-state index in [-0.39, 0.29) is 6.61 Å². The SMILES string of the molecule is CCO[SiH2]OCC(OC)(OC)OC. The first kappa shape index (κ1) is 13.0. The summed E-state index contributed by atoms with van der Waals surface area (Å²) in [5.74, 6) is -1.09. The molecule has 0 rings (SSSR count). The molecule has 0 saturated heterocycles. The minimum absolute atomic E-state index is 0.225. The van der Waals surface area contributed by atoms with Crippen molar-refractivity contribution >= 4 is 10.0 Å². The van der Waals surface area contributed by atoms with Gasteiger partial charge in [-0.1, -0.05) is 0 Å². The Balaban J connectivity index is 3.68. The van der Waals surface area contributed by atoms with Crippen LogP contribution in [0, 0.1) is 0 Å². The van der Waals surface area contributed by atoms with Gasteiger partial charge in [0.25, 0.3) is 0 Å². The van der Waals surface area contributed by atoms with Gasteiger partial charge in [0.05, 0.1) is 0 Å². The van der Waals surface area contributed by atoms with Crippen molar-refractivity contribution in [2.45, 2.75) is 12.9 Å². The van der Waals surface area contributed by atoms with E-state index in [1.54, 1.807) is 0 Å². The van der Waals surface area contributed by atoms with E-state index >= 15 is 0 Å². The van der Waals surface area contributed by atoms with Crippen molar-refractivity contribution in [3.8, 4) is 0 Å². The lowest BCUT2D eigenvalue weighted by Crippen LogP contribution is -2.41. The zero-order valence-electron chi connectivity index (χ0n) is 8.66. The summed E-state index contributed by atoms with van der Waals surface area (Å²) in [7, 11) is 3.56. The summed E-state index contributed by atoms with van der Waals surface area (Å²) in [5.41, 5.74) is 0. The highest BCUT2D eigenvalue weighted by molar-refractivity contribution is 6.17. The second-order valence-electron chi connectivity index (χ2n) is 2.25. The zero-order chi connectivity index (χ0) is 10.2. The molecule has 13 heavy (non-hydrogen) atoms. The van der Waals surface area contributed by atoms with Crippen molar-refractivity contribution in [1.29, 1.82) is 0 Å². The highest BCUT2D eigenvalue weighted by Crippen LogP contribution is 2.11. The molecule has 80 valence electrons. The first-order valence-corrected chi connectivity index (χ1v) is 5.21. The molecule has 0 aliphatic carbocycles. The van der Waals surface area contributed by atoms with Crippen LogP contribution in [-0.4, -0.2) is 50.5 Å². The lowest BCUT2D eigenvalue weighted by Gasteiger charge is -2.28. The smallest absolute Gasteiger partial charge is 0.305 e. The topological polar surface area (TPSA) is 46.2 Å². The molecule has 0 aromatic rings. The van der Waals surface area contributed by atoms with E-state index in [0.29, 0.717) is 6.61 Å². The van der Waals surface area contributed by atoms with Gasteiger partial charge in [0.2, 0.25) is 0 Å². The average Bonchev–Trinajstić information content (AvgIpc) is 2.20. The first-order valence-electron chi connectivity index (χ1n) is 4.05. The molecule has 0 atom stereocenters. The highest BCUT2D eigenvalue weighted by Gasteiger charge is 2.29. The van der Waals surface area contributed by atoms with Crippen molar-refractivity contribution in [2.24, 2.45) is 0 Å². The molecular weight excluding hydrogens is 192 g/mol. The van der Waals surface area contributed by atoms with Crippen LogP contribution in [0.1, 0.15) is 6.92 Å². The summed E-state index contributed by atoms with van der Waals surface area (Å²) in [6.07, 6.45) is 0. The van der Waals surface area contributed by atoms with E-state index in [1.165, 1.54) is 21.3 Å². The van der Waals surface area contributed by atoms with Gasteiger partial charge < -0.3 is 23.1 Å². The highest BCUT2D eigenvalue weighted by atomic mass is 28.3. The summed E-state index contributed by atoms with van der Waals surface area (Å²) in [5, 5.41) is 0. The average molecular weight is 210 g/mol. The molecule has 0 unspecified atom stereocenters. The third-order valence-corrected chi connectivity index (χ3v) is 2.53. The quantitative estimate of drug-likeness (QED) is 0.311. The summed E-state index contributed by atoms with van der Waals surface area (Å²) >= 11 is 0. The van der Waals surface area contributed by atoms with Crippen LogP contribution in [-0.2, 0) is 23.1 Å². The summed E-state index contributed by atoms with van der Waals surface area (Å²) in [6, 6.07) is 0. The number of methoxy groups -OCH3 is 3. The van der Waals surface area contributed by atoms with Crippen LogP contribution < -0.4 is 0 Å². The first-order chi connectivity index (χ1) is 6.24. The molecule has 0 bridgehead atoms. The summed E-state index contributed by atoms with van der Waals surface area (Å²) in [4.78, 5) is 0. The van der Waals surface area contributed by atoms with Crippen LogP contribution in [0.25, 0.3) is 0 Å². The second kappa shape index (κ2) is 7.42. The fourth-order valence-electron chi connectivity index (χ4n) is 0.736. The second-order valence-corrected chi connectivity index (χ2v) is 3.31. The van der Waals surface area contributed by atoms with E-state index in [2.05, 4.69) is 0 Å². The Labute approximate surface area is 81.3 Å². The molecular formula is C7H18O5Si. The Bertz CT molecular complexity index is 109. The van der Waals surface area contributed by atoms with Crippen LogP contribution in [0.5, 0.6) is 0 Å². The molecule has 0 heterocycles. The molecule has 0 aliphatic rings. The van der Waals surface area contributed by atoms with Gasteiger partial charge >= 0.3 is 16.0 Å². The fourth-order valence-corrected chi connectivity index (χ4v) is 1.35. The van der Waals surface area contributed by atoms with Gasteiger partial charge in [-0.15, -0.1) is 0 Å². The maximum Gasteiger partial charge on any atom is 0.305 e. The number of hydrogen-bond acceptors (Lipinski definition) is 5. The van der Waals surface area contributed by atoms with Crippen molar-refractivity contribution in [2.75, 3.05) is 34.5 Å². The van der Waals surface area contributed by atoms with E-state index in [1.807, 2.05) is 6.92 Å². The van der Waals surface area contributed by atoms with Gasteiger partial charge in [-0.2, -0.15) is 0 Å². The molecule has 0 aromatic heterocycles. The van der Waals surface area contributed by atoms with Crippen molar-refractivity contribution in [1.82, 2.24) is 0 Å². The molecule has 0 saturated carbocycles. The van der Waals surface area contributed by atoms with E-state index in [0.717, 1.165) is 0 Å². The molecule has 0 radical (unpaired) electrons. The maximum absolute atomic E-state index is 5.25. The van der Waals surface area contributed by atoms with Crippen LogP contribution in [0.4, 0.5) is 0 Å². The van der Waals surface area contributed by atoms with Crippen LogP contribution in [0.15, 0.2) is 0 Å². The van der Waals surface area contributed by atoms with Crippen LogP contribution in [0.2, 0.25) is 0 Å². The molecule has 0 aromatic carbocycles. The Morgan fingerprint density at radius 3 is 1.92 bits per heavy atom. The minimum Gasteiger partial charge on any atom is -0.399 e. The van der Waals surface area contributed by atoms with Crippen molar-refractivity contribution < 1.29 is 23.1 Å².